The van der Waals surface area contributed by atoms with Gasteiger partial charge in [-0.05, 0) is 12.5 Å². The van der Waals surface area contributed by atoms with Crippen LogP contribution >= 0.6 is 0 Å². The maximum atomic E-state index is 13.4. The van der Waals surface area contributed by atoms with E-state index in [1.54, 1.807) is 6.07 Å². The van der Waals surface area contributed by atoms with Crippen molar-refractivity contribution < 1.29 is 4.39 Å². The molecule has 0 aromatic heterocycles. The van der Waals surface area contributed by atoms with E-state index in [0.29, 0.717) is 0 Å². The molecule has 3 heteroatoms. The van der Waals surface area contributed by atoms with Crippen molar-refractivity contribution in [2.24, 2.45) is 0 Å². The molecule has 0 aliphatic rings. The molecule has 0 spiro atoms. The number of nitrogens with one attached hydrogen (secondary N) is 1. The molecule has 0 saturated carbocycles. The van der Waals surface area contributed by atoms with Crippen molar-refractivity contribution in [2.45, 2.75) is 19.4 Å². The number of benzene rings is 1. The first-order valence-electron chi connectivity index (χ1n) is 4.83. The first-order chi connectivity index (χ1) is 6.65. The number of hydrazine groups is 1. The van der Waals surface area contributed by atoms with E-state index in [4.69, 9.17) is 0 Å². The number of hydrogen-bond acceptors (Lipinski definition) is 2. The third kappa shape index (κ3) is 2.79. The molecule has 0 radical (unpaired) electrons. The Bertz CT molecular complexity index is 286. The van der Waals surface area contributed by atoms with E-state index in [2.05, 4.69) is 5.43 Å². The predicted octanol–water partition coefficient (Wildman–Crippen LogP) is 2.34. The molecule has 0 bridgehead atoms. The van der Waals surface area contributed by atoms with Crippen LogP contribution < -0.4 is 5.43 Å². The lowest BCUT2D eigenvalue weighted by atomic mass is 10.0. The van der Waals surface area contributed by atoms with E-state index < -0.39 is 0 Å². The van der Waals surface area contributed by atoms with Crippen LogP contribution in [0.3, 0.4) is 0 Å². The van der Waals surface area contributed by atoms with Crippen molar-refractivity contribution in [1.82, 2.24) is 10.4 Å². The Labute approximate surface area is 84.7 Å². The molecule has 2 nitrogen and oxygen atoms in total. The number of rotatable bonds is 4. The summed E-state index contributed by atoms with van der Waals surface area (Å²) in [6.45, 7) is 2.04. The highest BCUT2D eigenvalue weighted by Crippen LogP contribution is 2.19. The maximum Gasteiger partial charge on any atom is 0.128 e. The topological polar surface area (TPSA) is 15.3 Å². The zero-order valence-corrected chi connectivity index (χ0v) is 8.92. The van der Waals surface area contributed by atoms with Gasteiger partial charge in [0, 0.05) is 25.7 Å². The van der Waals surface area contributed by atoms with Crippen molar-refractivity contribution in [2.75, 3.05) is 14.1 Å². The molecule has 78 valence electrons. The van der Waals surface area contributed by atoms with Gasteiger partial charge in [-0.15, -0.1) is 0 Å². The third-order valence-electron chi connectivity index (χ3n) is 2.10. The molecule has 1 rings (SSSR count). The highest BCUT2D eigenvalue weighted by atomic mass is 19.1. The molecule has 0 amide bonds. The van der Waals surface area contributed by atoms with Gasteiger partial charge >= 0.3 is 0 Å². The number of halogens is 1. The zero-order valence-electron chi connectivity index (χ0n) is 8.92. The first-order valence-corrected chi connectivity index (χ1v) is 4.83. The fourth-order valence-corrected chi connectivity index (χ4v) is 1.45. The molecule has 0 aliphatic heterocycles. The lowest BCUT2D eigenvalue weighted by Gasteiger charge is -2.22. The van der Waals surface area contributed by atoms with Gasteiger partial charge in [-0.25, -0.2) is 9.82 Å². The Hall–Kier alpha value is -0.930. The smallest absolute Gasteiger partial charge is 0.128 e. The lowest BCUT2D eigenvalue weighted by Crippen LogP contribution is -2.34. The summed E-state index contributed by atoms with van der Waals surface area (Å²) >= 11 is 0. The molecule has 1 aromatic rings. The minimum Gasteiger partial charge on any atom is -0.250 e. The molecular formula is C11H17FN2. The maximum absolute atomic E-state index is 13.4. The van der Waals surface area contributed by atoms with Gasteiger partial charge < -0.3 is 0 Å². The highest BCUT2D eigenvalue weighted by Gasteiger charge is 2.12. The first kappa shape index (κ1) is 11.1. The summed E-state index contributed by atoms with van der Waals surface area (Å²) < 4.78 is 13.4. The highest BCUT2D eigenvalue weighted by molar-refractivity contribution is 5.20. The molecule has 1 atom stereocenters. The summed E-state index contributed by atoms with van der Waals surface area (Å²) in [5.41, 5.74) is 3.91. The average molecular weight is 196 g/mol. The summed E-state index contributed by atoms with van der Waals surface area (Å²) in [6.07, 6.45) is 0.860. The average Bonchev–Trinajstić information content (AvgIpc) is 2.15. The van der Waals surface area contributed by atoms with Crippen LogP contribution in [0, 0.1) is 5.82 Å². The van der Waals surface area contributed by atoms with E-state index in [1.807, 2.05) is 38.2 Å². The Morgan fingerprint density at radius 2 is 2.00 bits per heavy atom. The molecule has 1 unspecified atom stereocenters. The van der Waals surface area contributed by atoms with Crippen molar-refractivity contribution in [1.29, 1.82) is 0 Å². The van der Waals surface area contributed by atoms with Crippen LogP contribution in [0.15, 0.2) is 24.3 Å². The molecule has 14 heavy (non-hydrogen) atoms. The van der Waals surface area contributed by atoms with Crippen LogP contribution in [0.25, 0.3) is 0 Å². The summed E-state index contributed by atoms with van der Waals surface area (Å²) in [5.74, 6) is -0.145. The second-order valence-electron chi connectivity index (χ2n) is 3.51. The third-order valence-corrected chi connectivity index (χ3v) is 2.10. The van der Waals surface area contributed by atoms with Crippen LogP contribution in [-0.4, -0.2) is 19.1 Å². The molecule has 0 heterocycles. The van der Waals surface area contributed by atoms with Crippen LogP contribution in [0.1, 0.15) is 24.9 Å². The standard InChI is InChI=1S/C11H17FN2/c1-4-11(13-14(2)3)9-7-5-6-8-10(9)12/h5-8,11,13H,4H2,1-3H3. The Balaban J connectivity index is 2.83. The SMILES string of the molecule is CCC(NN(C)C)c1ccccc1F. The molecule has 0 saturated heterocycles. The summed E-state index contributed by atoms with van der Waals surface area (Å²) in [6, 6.07) is 6.93. The van der Waals surface area contributed by atoms with Crippen LogP contribution in [0.2, 0.25) is 0 Å². The monoisotopic (exact) mass is 196 g/mol. The molecule has 0 fully saturated rings. The molecule has 1 aromatic carbocycles. The van der Waals surface area contributed by atoms with E-state index in [-0.39, 0.29) is 11.9 Å². The van der Waals surface area contributed by atoms with Gasteiger partial charge in [0.25, 0.3) is 0 Å². The van der Waals surface area contributed by atoms with Crippen molar-refractivity contribution in [3.63, 3.8) is 0 Å². The van der Waals surface area contributed by atoms with E-state index in [0.717, 1.165) is 12.0 Å². The van der Waals surface area contributed by atoms with Gasteiger partial charge in [0.05, 0.1) is 0 Å². The number of nitrogens with zero attached hydrogens (tertiary/aromatic N) is 1. The fourth-order valence-electron chi connectivity index (χ4n) is 1.45. The quantitative estimate of drug-likeness (QED) is 0.744. The predicted molar refractivity (Wildman–Crippen MR) is 56.3 cm³/mol. The van der Waals surface area contributed by atoms with Gasteiger partial charge in [-0.3, -0.25) is 5.01 Å². The van der Waals surface area contributed by atoms with Gasteiger partial charge in [0.2, 0.25) is 0 Å². The second kappa shape index (κ2) is 5.08. The summed E-state index contributed by atoms with van der Waals surface area (Å²) in [4.78, 5) is 0. The van der Waals surface area contributed by atoms with Crippen LogP contribution in [0.5, 0.6) is 0 Å². The van der Waals surface area contributed by atoms with Gasteiger partial charge in [0.15, 0.2) is 0 Å². The van der Waals surface area contributed by atoms with E-state index >= 15 is 0 Å². The molecular weight excluding hydrogens is 179 g/mol. The Morgan fingerprint density at radius 1 is 1.36 bits per heavy atom. The zero-order chi connectivity index (χ0) is 10.6. The Kier molecular flexibility index (Phi) is 4.04. The van der Waals surface area contributed by atoms with E-state index in [1.165, 1.54) is 6.07 Å². The minimum atomic E-state index is -0.145. The van der Waals surface area contributed by atoms with Crippen LogP contribution in [-0.2, 0) is 0 Å². The number of hydrogen-bond donors (Lipinski definition) is 1. The summed E-state index contributed by atoms with van der Waals surface area (Å²) in [7, 11) is 3.81. The van der Waals surface area contributed by atoms with Gasteiger partial charge in [0.1, 0.15) is 5.82 Å². The van der Waals surface area contributed by atoms with Crippen molar-refractivity contribution in [3.8, 4) is 0 Å². The molecule has 1 N–H and O–H groups in total. The lowest BCUT2D eigenvalue weighted by molar-refractivity contribution is 0.236. The van der Waals surface area contributed by atoms with Gasteiger partial charge in [-0.2, -0.15) is 0 Å². The summed E-state index contributed by atoms with van der Waals surface area (Å²) in [5, 5.41) is 1.85. The largest absolute Gasteiger partial charge is 0.250 e. The minimum absolute atomic E-state index is 0.0474. The van der Waals surface area contributed by atoms with Crippen LogP contribution in [0.4, 0.5) is 4.39 Å². The normalized spacial score (nSPS) is 13.2. The fraction of sp³-hybridized carbons (Fsp3) is 0.455. The van der Waals surface area contributed by atoms with E-state index in [9.17, 15) is 4.39 Å². The van der Waals surface area contributed by atoms with Crippen molar-refractivity contribution in [3.05, 3.63) is 35.6 Å². The van der Waals surface area contributed by atoms with Crippen molar-refractivity contribution >= 4 is 0 Å². The Morgan fingerprint density at radius 3 is 2.50 bits per heavy atom. The van der Waals surface area contributed by atoms with Gasteiger partial charge in [-0.1, -0.05) is 25.1 Å². The molecule has 0 aliphatic carbocycles. The second-order valence-corrected chi connectivity index (χ2v) is 3.51.